The maximum atomic E-state index is 13.1. The van der Waals surface area contributed by atoms with Gasteiger partial charge in [0.15, 0.2) is 0 Å². The standard InChI is InChI=1S/C28H31N7O2/c1-3-12-35-25(17-20(2)32-35)27(36)34-14-9-23(10-15-34)22-4-6-24(7-5-22)31-28(37)30-19-21-8-13-33-16-11-29-26(33)18-21/h3-8,11,13,16-18,23H,1,9-10,12,14-15,19H2,2H3,(H2,30,31,37). The van der Waals surface area contributed by atoms with E-state index in [-0.39, 0.29) is 11.9 Å². The molecule has 1 aromatic carbocycles. The Labute approximate surface area is 215 Å². The number of amides is 3. The maximum Gasteiger partial charge on any atom is 0.319 e. The molecular formula is C28H31N7O2. The molecule has 3 aromatic heterocycles. The van der Waals surface area contributed by atoms with Crippen LogP contribution in [0.25, 0.3) is 5.65 Å². The van der Waals surface area contributed by atoms with E-state index in [4.69, 9.17) is 0 Å². The van der Waals surface area contributed by atoms with E-state index >= 15 is 0 Å². The van der Waals surface area contributed by atoms with Crippen LogP contribution >= 0.6 is 0 Å². The molecule has 4 aromatic rings. The zero-order valence-electron chi connectivity index (χ0n) is 20.9. The summed E-state index contributed by atoms with van der Waals surface area (Å²) in [6.45, 7) is 7.99. The summed E-state index contributed by atoms with van der Waals surface area (Å²) >= 11 is 0. The minimum atomic E-state index is -0.256. The molecule has 0 saturated carbocycles. The van der Waals surface area contributed by atoms with Gasteiger partial charge in [0.05, 0.1) is 12.2 Å². The quantitative estimate of drug-likeness (QED) is 0.371. The molecule has 4 heterocycles. The first-order chi connectivity index (χ1) is 18.0. The Hall–Kier alpha value is -4.40. The average Bonchev–Trinajstić information content (AvgIpc) is 3.53. The van der Waals surface area contributed by atoms with Gasteiger partial charge in [-0.25, -0.2) is 9.78 Å². The fourth-order valence-corrected chi connectivity index (χ4v) is 4.82. The van der Waals surface area contributed by atoms with Gasteiger partial charge in [-0.3, -0.25) is 9.48 Å². The van der Waals surface area contributed by atoms with E-state index < -0.39 is 0 Å². The van der Waals surface area contributed by atoms with Crippen LogP contribution in [0.3, 0.4) is 0 Å². The van der Waals surface area contributed by atoms with Gasteiger partial charge in [-0.2, -0.15) is 5.10 Å². The Kier molecular flexibility index (Phi) is 7.02. The van der Waals surface area contributed by atoms with Crippen LogP contribution in [0.2, 0.25) is 0 Å². The number of nitrogens with zero attached hydrogens (tertiary/aromatic N) is 5. The summed E-state index contributed by atoms with van der Waals surface area (Å²) < 4.78 is 3.64. The first-order valence-electron chi connectivity index (χ1n) is 12.5. The molecule has 1 aliphatic rings. The van der Waals surface area contributed by atoms with Crippen molar-refractivity contribution in [1.29, 1.82) is 0 Å². The number of fused-ring (bicyclic) bond motifs is 1. The number of carbonyl (C=O) groups is 2. The second-order valence-electron chi connectivity index (χ2n) is 9.37. The molecular weight excluding hydrogens is 466 g/mol. The van der Waals surface area contributed by atoms with Crippen molar-refractivity contribution in [3.63, 3.8) is 0 Å². The van der Waals surface area contributed by atoms with Crippen LogP contribution in [0.15, 0.2) is 73.7 Å². The summed E-state index contributed by atoms with van der Waals surface area (Å²) in [4.78, 5) is 31.6. The minimum absolute atomic E-state index is 0.0242. The number of aromatic nitrogens is 4. The number of nitrogens with one attached hydrogen (secondary N) is 2. The Morgan fingerprint density at radius 3 is 2.65 bits per heavy atom. The van der Waals surface area contributed by atoms with E-state index in [1.807, 2.05) is 58.9 Å². The van der Waals surface area contributed by atoms with E-state index in [0.29, 0.717) is 37.8 Å². The largest absolute Gasteiger partial charge is 0.337 e. The molecule has 0 spiro atoms. The molecule has 0 unspecified atom stereocenters. The van der Waals surface area contributed by atoms with Crippen molar-refractivity contribution in [1.82, 2.24) is 29.4 Å². The molecule has 9 heteroatoms. The number of pyridine rings is 1. The normalized spacial score (nSPS) is 14.0. The Morgan fingerprint density at radius 1 is 1.11 bits per heavy atom. The molecule has 0 radical (unpaired) electrons. The molecule has 5 rings (SSSR count). The van der Waals surface area contributed by atoms with Crippen molar-refractivity contribution < 1.29 is 9.59 Å². The van der Waals surface area contributed by atoms with Crippen molar-refractivity contribution in [2.45, 2.75) is 38.8 Å². The van der Waals surface area contributed by atoms with E-state index in [0.717, 1.165) is 35.4 Å². The van der Waals surface area contributed by atoms with Crippen molar-refractivity contribution in [3.05, 3.63) is 96.2 Å². The highest BCUT2D eigenvalue weighted by molar-refractivity contribution is 5.93. The van der Waals surface area contributed by atoms with E-state index in [2.05, 4.69) is 39.4 Å². The zero-order chi connectivity index (χ0) is 25.8. The summed E-state index contributed by atoms with van der Waals surface area (Å²) in [6, 6.07) is 13.5. The molecule has 0 bridgehead atoms. The second-order valence-corrected chi connectivity index (χ2v) is 9.37. The van der Waals surface area contributed by atoms with Crippen LogP contribution in [0.4, 0.5) is 10.5 Å². The van der Waals surface area contributed by atoms with Crippen molar-refractivity contribution >= 4 is 23.3 Å². The third kappa shape index (κ3) is 5.55. The van der Waals surface area contributed by atoms with Gasteiger partial charge in [-0.1, -0.05) is 18.2 Å². The number of benzene rings is 1. The predicted molar refractivity (Wildman–Crippen MR) is 143 cm³/mol. The van der Waals surface area contributed by atoms with Gasteiger partial charge in [0.2, 0.25) is 0 Å². The summed E-state index contributed by atoms with van der Waals surface area (Å²) in [5, 5.41) is 10.2. The Balaban J connectivity index is 1.11. The number of hydrogen-bond donors (Lipinski definition) is 2. The zero-order valence-corrected chi connectivity index (χ0v) is 20.9. The predicted octanol–water partition coefficient (Wildman–Crippen LogP) is 4.37. The monoisotopic (exact) mass is 497 g/mol. The summed E-state index contributed by atoms with van der Waals surface area (Å²) in [5.74, 6) is 0.403. The van der Waals surface area contributed by atoms with Gasteiger partial charge in [-0.15, -0.1) is 6.58 Å². The summed E-state index contributed by atoms with van der Waals surface area (Å²) in [6.07, 6.45) is 9.10. The van der Waals surface area contributed by atoms with Gasteiger partial charge >= 0.3 is 6.03 Å². The van der Waals surface area contributed by atoms with Gasteiger partial charge in [-0.05, 0) is 67.1 Å². The number of hydrogen-bond acceptors (Lipinski definition) is 4. The topological polar surface area (TPSA) is 96.6 Å². The van der Waals surface area contributed by atoms with Crippen LogP contribution in [0.1, 0.15) is 46.1 Å². The Bertz CT molecular complexity index is 1410. The van der Waals surface area contributed by atoms with E-state index in [1.165, 1.54) is 5.56 Å². The molecule has 1 aliphatic heterocycles. The molecule has 0 atom stereocenters. The molecule has 1 saturated heterocycles. The number of anilines is 1. The van der Waals surface area contributed by atoms with Crippen molar-refractivity contribution in [2.24, 2.45) is 0 Å². The lowest BCUT2D eigenvalue weighted by molar-refractivity contribution is 0.0701. The SMILES string of the molecule is C=CCn1nc(C)cc1C(=O)N1CCC(c2ccc(NC(=O)NCc3ccn4ccnc4c3)cc2)CC1. The van der Waals surface area contributed by atoms with Crippen LogP contribution in [-0.4, -0.2) is 49.1 Å². The number of urea groups is 1. The molecule has 190 valence electrons. The maximum absolute atomic E-state index is 13.1. The first-order valence-corrected chi connectivity index (χ1v) is 12.5. The number of carbonyl (C=O) groups excluding carboxylic acids is 2. The molecule has 37 heavy (non-hydrogen) atoms. The summed E-state index contributed by atoms with van der Waals surface area (Å²) in [5.41, 5.74) is 5.24. The minimum Gasteiger partial charge on any atom is -0.337 e. The number of rotatable bonds is 7. The lowest BCUT2D eigenvalue weighted by Crippen LogP contribution is -2.38. The average molecular weight is 498 g/mol. The fraction of sp³-hybridized carbons (Fsp3) is 0.286. The molecule has 9 nitrogen and oxygen atoms in total. The lowest BCUT2D eigenvalue weighted by atomic mass is 9.89. The van der Waals surface area contributed by atoms with Crippen LogP contribution < -0.4 is 10.6 Å². The number of allylic oxidation sites excluding steroid dienone is 1. The van der Waals surface area contributed by atoms with Crippen LogP contribution in [0.5, 0.6) is 0 Å². The van der Waals surface area contributed by atoms with Crippen LogP contribution in [0, 0.1) is 6.92 Å². The number of likely N-dealkylation sites (tertiary alicyclic amines) is 1. The number of aryl methyl sites for hydroxylation is 1. The number of imidazole rings is 1. The highest BCUT2D eigenvalue weighted by atomic mass is 16.2. The van der Waals surface area contributed by atoms with Crippen LogP contribution in [-0.2, 0) is 13.1 Å². The second kappa shape index (κ2) is 10.7. The van der Waals surface area contributed by atoms with Gasteiger partial charge in [0, 0.05) is 43.9 Å². The molecule has 3 amide bonds. The fourth-order valence-electron chi connectivity index (χ4n) is 4.82. The van der Waals surface area contributed by atoms with Crippen molar-refractivity contribution in [2.75, 3.05) is 18.4 Å². The Morgan fingerprint density at radius 2 is 1.89 bits per heavy atom. The molecule has 0 aliphatic carbocycles. The molecule has 1 fully saturated rings. The van der Waals surface area contributed by atoms with Gasteiger partial charge < -0.3 is 19.9 Å². The third-order valence-electron chi connectivity index (χ3n) is 6.76. The van der Waals surface area contributed by atoms with Gasteiger partial charge in [0.1, 0.15) is 11.3 Å². The smallest absolute Gasteiger partial charge is 0.319 e. The highest BCUT2D eigenvalue weighted by Gasteiger charge is 2.26. The lowest BCUT2D eigenvalue weighted by Gasteiger charge is -2.32. The van der Waals surface area contributed by atoms with Gasteiger partial charge in [0.25, 0.3) is 5.91 Å². The summed E-state index contributed by atoms with van der Waals surface area (Å²) in [7, 11) is 0. The van der Waals surface area contributed by atoms with E-state index in [1.54, 1.807) is 17.0 Å². The highest BCUT2D eigenvalue weighted by Crippen LogP contribution is 2.29. The first kappa shape index (κ1) is 24.3. The number of piperidine rings is 1. The molecule has 2 N–H and O–H groups in total. The van der Waals surface area contributed by atoms with Crippen molar-refractivity contribution in [3.8, 4) is 0 Å². The third-order valence-corrected chi connectivity index (χ3v) is 6.76. The van der Waals surface area contributed by atoms with E-state index in [9.17, 15) is 9.59 Å².